The number of rotatable bonds is 7. The average molecular weight is 349 g/mol. The molecular formula is C17H20FN3O2S. The van der Waals surface area contributed by atoms with E-state index in [2.05, 4.69) is 9.97 Å². The number of thioether (sulfide) groups is 1. The summed E-state index contributed by atoms with van der Waals surface area (Å²) in [5.41, 5.74) is 1.76. The Hall–Kier alpha value is -2.15. The summed E-state index contributed by atoms with van der Waals surface area (Å²) in [7, 11) is 1.69. The van der Waals surface area contributed by atoms with Crippen LogP contribution in [0.15, 0.2) is 35.5 Å². The number of ether oxygens (including phenoxy) is 1. The first-order chi connectivity index (χ1) is 11.5. The maximum atomic E-state index is 13.4. The van der Waals surface area contributed by atoms with E-state index in [1.54, 1.807) is 30.1 Å². The second-order valence-corrected chi connectivity index (χ2v) is 6.26. The third-order valence-corrected chi connectivity index (χ3v) is 4.07. The minimum absolute atomic E-state index is 0.0557. The number of benzene rings is 1. The summed E-state index contributed by atoms with van der Waals surface area (Å²) in [6, 6.07) is 8.09. The number of amides is 1. The Labute approximate surface area is 145 Å². The van der Waals surface area contributed by atoms with Gasteiger partial charge in [0, 0.05) is 18.4 Å². The number of likely N-dealkylation sites (N-methyl/N-ethyl adjacent to an activating group) is 1. The number of halogens is 1. The highest BCUT2D eigenvalue weighted by molar-refractivity contribution is 7.99. The molecule has 2 rings (SSSR count). The first kappa shape index (κ1) is 18.2. The molecule has 0 fully saturated rings. The van der Waals surface area contributed by atoms with Crippen molar-refractivity contribution in [1.82, 2.24) is 14.9 Å². The fourth-order valence-corrected chi connectivity index (χ4v) is 2.86. The quantitative estimate of drug-likeness (QED) is 0.568. The van der Waals surface area contributed by atoms with E-state index in [1.165, 1.54) is 17.8 Å². The molecule has 128 valence electrons. The van der Waals surface area contributed by atoms with Crippen LogP contribution in [0.1, 0.15) is 11.4 Å². The molecule has 0 aliphatic rings. The Balaban J connectivity index is 1.77. The molecule has 1 aromatic heterocycles. The van der Waals surface area contributed by atoms with Crippen LogP contribution in [-0.2, 0) is 4.79 Å². The molecule has 24 heavy (non-hydrogen) atoms. The molecule has 7 heteroatoms. The monoisotopic (exact) mass is 349 g/mol. The molecule has 0 spiro atoms. The molecular weight excluding hydrogens is 329 g/mol. The van der Waals surface area contributed by atoms with Crippen molar-refractivity contribution < 1.29 is 13.9 Å². The van der Waals surface area contributed by atoms with Crippen LogP contribution in [0.5, 0.6) is 5.75 Å². The number of carbonyl (C=O) groups excluding carboxylic acids is 1. The van der Waals surface area contributed by atoms with Crippen LogP contribution >= 0.6 is 11.8 Å². The van der Waals surface area contributed by atoms with E-state index < -0.39 is 5.82 Å². The van der Waals surface area contributed by atoms with Gasteiger partial charge >= 0.3 is 0 Å². The number of nitrogens with zero attached hydrogens (tertiary/aromatic N) is 3. The summed E-state index contributed by atoms with van der Waals surface area (Å²) in [5.74, 6) is -0.0238. The van der Waals surface area contributed by atoms with Gasteiger partial charge in [-0.25, -0.2) is 14.4 Å². The van der Waals surface area contributed by atoms with Crippen molar-refractivity contribution in [2.45, 2.75) is 19.0 Å². The minimum Gasteiger partial charge on any atom is -0.489 e. The van der Waals surface area contributed by atoms with Gasteiger partial charge in [-0.3, -0.25) is 4.79 Å². The highest BCUT2D eigenvalue weighted by atomic mass is 32.2. The Kier molecular flexibility index (Phi) is 6.54. The lowest BCUT2D eigenvalue weighted by atomic mass is 10.3. The highest BCUT2D eigenvalue weighted by Crippen LogP contribution is 2.16. The van der Waals surface area contributed by atoms with E-state index in [0.717, 1.165) is 11.4 Å². The zero-order valence-corrected chi connectivity index (χ0v) is 14.8. The van der Waals surface area contributed by atoms with Gasteiger partial charge in [0.05, 0.1) is 12.3 Å². The topological polar surface area (TPSA) is 55.3 Å². The lowest BCUT2D eigenvalue weighted by Gasteiger charge is -2.17. The number of aromatic nitrogens is 2. The fraction of sp³-hybridized carbons (Fsp3) is 0.353. The molecule has 1 amide bonds. The molecule has 0 aliphatic heterocycles. The standard InChI is InChI=1S/C17H20FN3O2S/c1-12-10-13(2)20-17(19-12)24-11-16(22)21(3)8-9-23-15-7-5-4-6-14(15)18/h4-7,10H,8-9,11H2,1-3H3. The van der Waals surface area contributed by atoms with Gasteiger partial charge in [0.2, 0.25) is 5.91 Å². The van der Waals surface area contributed by atoms with Crippen molar-refractivity contribution in [1.29, 1.82) is 0 Å². The second-order valence-electron chi connectivity index (χ2n) is 5.32. The van der Waals surface area contributed by atoms with Crippen LogP contribution in [0.25, 0.3) is 0 Å². The van der Waals surface area contributed by atoms with E-state index >= 15 is 0 Å². The molecule has 0 atom stereocenters. The molecule has 0 unspecified atom stereocenters. The summed E-state index contributed by atoms with van der Waals surface area (Å²) in [5, 5.41) is 0.594. The van der Waals surface area contributed by atoms with Gasteiger partial charge in [0.15, 0.2) is 16.7 Å². The van der Waals surface area contributed by atoms with Gasteiger partial charge in [-0.15, -0.1) is 0 Å². The van der Waals surface area contributed by atoms with Gasteiger partial charge in [-0.05, 0) is 32.0 Å². The third-order valence-electron chi connectivity index (χ3n) is 3.23. The second kappa shape index (κ2) is 8.63. The smallest absolute Gasteiger partial charge is 0.232 e. The normalized spacial score (nSPS) is 10.5. The van der Waals surface area contributed by atoms with Gasteiger partial charge < -0.3 is 9.64 Å². The van der Waals surface area contributed by atoms with E-state index in [9.17, 15) is 9.18 Å². The Bertz CT molecular complexity index is 692. The maximum absolute atomic E-state index is 13.4. The zero-order chi connectivity index (χ0) is 17.5. The van der Waals surface area contributed by atoms with Crippen LogP contribution < -0.4 is 4.74 Å². The van der Waals surface area contributed by atoms with Crippen molar-refractivity contribution in [3.05, 3.63) is 47.5 Å². The van der Waals surface area contributed by atoms with E-state index in [4.69, 9.17) is 4.74 Å². The molecule has 5 nitrogen and oxygen atoms in total. The van der Waals surface area contributed by atoms with Gasteiger partial charge in [-0.1, -0.05) is 23.9 Å². The summed E-state index contributed by atoms with van der Waals surface area (Å²) in [4.78, 5) is 22.3. The Morgan fingerprint density at radius 3 is 2.58 bits per heavy atom. The molecule has 1 heterocycles. The number of para-hydroxylation sites is 1. The highest BCUT2D eigenvalue weighted by Gasteiger charge is 2.11. The van der Waals surface area contributed by atoms with Crippen molar-refractivity contribution in [2.24, 2.45) is 0 Å². The molecule has 1 aromatic carbocycles. The van der Waals surface area contributed by atoms with E-state index in [1.807, 2.05) is 19.9 Å². The zero-order valence-electron chi connectivity index (χ0n) is 14.0. The van der Waals surface area contributed by atoms with E-state index in [-0.39, 0.29) is 24.0 Å². The van der Waals surface area contributed by atoms with Crippen LogP contribution in [-0.4, -0.2) is 46.7 Å². The van der Waals surface area contributed by atoms with Crippen molar-refractivity contribution in [3.63, 3.8) is 0 Å². The maximum Gasteiger partial charge on any atom is 0.232 e. The predicted molar refractivity (Wildman–Crippen MR) is 91.8 cm³/mol. The fourth-order valence-electron chi connectivity index (χ4n) is 1.97. The number of aryl methyl sites for hydroxylation is 2. The van der Waals surface area contributed by atoms with Gasteiger partial charge in [0.25, 0.3) is 0 Å². The lowest BCUT2D eigenvalue weighted by molar-refractivity contribution is -0.127. The minimum atomic E-state index is -0.408. The largest absolute Gasteiger partial charge is 0.489 e. The summed E-state index contributed by atoms with van der Waals surface area (Å²) >= 11 is 1.30. The molecule has 2 aromatic rings. The lowest BCUT2D eigenvalue weighted by Crippen LogP contribution is -2.32. The summed E-state index contributed by atoms with van der Waals surface area (Å²) in [6.07, 6.45) is 0. The average Bonchev–Trinajstić information content (AvgIpc) is 2.53. The van der Waals surface area contributed by atoms with Crippen molar-refractivity contribution >= 4 is 17.7 Å². The van der Waals surface area contributed by atoms with Crippen LogP contribution in [0.4, 0.5) is 4.39 Å². The van der Waals surface area contributed by atoms with Gasteiger partial charge in [0.1, 0.15) is 6.61 Å². The number of hydrogen-bond donors (Lipinski definition) is 0. The van der Waals surface area contributed by atoms with Crippen molar-refractivity contribution in [2.75, 3.05) is 26.0 Å². The Morgan fingerprint density at radius 1 is 1.25 bits per heavy atom. The van der Waals surface area contributed by atoms with E-state index in [0.29, 0.717) is 11.7 Å². The van der Waals surface area contributed by atoms with Crippen molar-refractivity contribution in [3.8, 4) is 5.75 Å². The molecule has 0 saturated carbocycles. The number of hydrogen-bond acceptors (Lipinski definition) is 5. The molecule has 0 radical (unpaired) electrons. The molecule has 0 aliphatic carbocycles. The summed E-state index contributed by atoms with van der Waals surface area (Å²) < 4.78 is 18.8. The Morgan fingerprint density at radius 2 is 1.92 bits per heavy atom. The predicted octanol–water partition coefficient (Wildman–Crippen LogP) is 2.86. The SMILES string of the molecule is Cc1cc(C)nc(SCC(=O)N(C)CCOc2ccccc2F)n1. The van der Waals surface area contributed by atoms with Gasteiger partial charge in [-0.2, -0.15) is 0 Å². The molecule has 0 saturated heterocycles. The third kappa shape index (κ3) is 5.49. The van der Waals surface area contributed by atoms with Crippen LogP contribution in [0.2, 0.25) is 0 Å². The molecule has 0 N–H and O–H groups in total. The first-order valence-electron chi connectivity index (χ1n) is 7.52. The first-order valence-corrected chi connectivity index (χ1v) is 8.50. The van der Waals surface area contributed by atoms with Crippen LogP contribution in [0, 0.1) is 19.7 Å². The van der Waals surface area contributed by atoms with Crippen LogP contribution in [0.3, 0.4) is 0 Å². The molecule has 0 bridgehead atoms. The summed E-state index contributed by atoms with van der Waals surface area (Å²) in [6.45, 7) is 4.40. The number of carbonyl (C=O) groups is 1.